The van der Waals surface area contributed by atoms with Gasteiger partial charge in [0.1, 0.15) is 18.3 Å². The van der Waals surface area contributed by atoms with E-state index >= 15 is 0 Å². The molecule has 5 atom stereocenters. The van der Waals surface area contributed by atoms with Crippen molar-refractivity contribution >= 4 is 23.0 Å². The van der Waals surface area contributed by atoms with Crippen molar-refractivity contribution in [1.82, 2.24) is 29.3 Å². The number of nitrogens with one attached hydrogen (secondary N) is 1. The molecule has 0 spiro atoms. The largest absolute Gasteiger partial charge is 0.478 e. The molecule has 0 bridgehead atoms. The number of hydrogen-bond acceptors (Lipinski definition) is 11. The number of carboxylic acids is 1. The molecular formula is C18H21N7O7. The summed E-state index contributed by atoms with van der Waals surface area (Å²) in [7, 11) is 0. The van der Waals surface area contributed by atoms with Crippen LogP contribution in [0.15, 0.2) is 18.7 Å². The summed E-state index contributed by atoms with van der Waals surface area (Å²) in [5.74, 6) is -0.700. The summed E-state index contributed by atoms with van der Waals surface area (Å²) in [6.45, 7) is 0.624. The maximum absolute atomic E-state index is 11.2. The summed E-state index contributed by atoms with van der Waals surface area (Å²) < 4.78 is 13.7. The van der Waals surface area contributed by atoms with Crippen molar-refractivity contribution in [2.75, 3.05) is 25.1 Å². The highest BCUT2D eigenvalue weighted by molar-refractivity contribution is 5.87. The van der Waals surface area contributed by atoms with Gasteiger partial charge in [0, 0.05) is 12.8 Å². The number of fused-ring (bicyclic) bond motifs is 1. The number of aromatic nitrogens is 6. The second kappa shape index (κ2) is 8.07. The summed E-state index contributed by atoms with van der Waals surface area (Å²) in [4.78, 5) is 24.5. The first kappa shape index (κ1) is 20.7. The number of ether oxygens (including phenoxy) is 2. The lowest BCUT2D eigenvalue weighted by atomic mass is 10.1. The Morgan fingerprint density at radius 1 is 1.28 bits per heavy atom. The fourth-order valence-electron chi connectivity index (χ4n) is 3.79. The van der Waals surface area contributed by atoms with E-state index < -0.39 is 37.1 Å². The molecule has 170 valence electrons. The van der Waals surface area contributed by atoms with Gasteiger partial charge < -0.3 is 35.2 Å². The van der Waals surface area contributed by atoms with Gasteiger partial charge >= 0.3 is 5.97 Å². The minimum Gasteiger partial charge on any atom is -0.478 e. The first-order valence-electron chi connectivity index (χ1n) is 9.96. The normalized spacial score (nSPS) is 27.9. The van der Waals surface area contributed by atoms with Crippen molar-refractivity contribution in [3.05, 3.63) is 24.3 Å². The summed E-state index contributed by atoms with van der Waals surface area (Å²) in [5, 5.41) is 46.5. The lowest BCUT2D eigenvalue weighted by Gasteiger charge is -2.17. The fraction of sp³-hybridized carbons (Fsp3) is 0.500. The minimum atomic E-state index is -1.33. The number of hydrogen-bond donors (Lipinski definition) is 5. The molecule has 5 N–H and O–H groups in total. The molecule has 2 fully saturated rings. The van der Waals surface area contributed by atoms with Crippen molar-refractivity contribution in [1.29, 1.82) is 0 Å². The summed E-state index contributed by atoms with van der Waals surface area (Å²) in [6.07, 6.45) is -0.0217. The third kappa shape index (κ3) is 3.47. The Bertz CT molecular complexity index is 1140. The van der Waals surface area contributed by atoms with Crippen molar-refractivity contribution in [3.8, 4) is 5.95 Å². The third-order valence-electron chi connectivity index (χ3n) is 5.51. The summed E-state index contributed by atoms with van der Waals surface area (Å²) in [5.41, 5.74) is 0.604. The lowest BCUT2D eigenvalue weighted by Crippen LogP contribution is -2.33. The highest BCUT2D eigenvalue weighted by Crippen LogP contribution is 2.33. The molecule has 3 aromatic heterocycles. The van der Waals surface area contributed by atoms with Crippen molar-refractivity contribution < 1.29 is 34.7 Å². The van der Waals surface area contributed by atoms with Crippen molar-refractivity contribution in [3.63, 3.8) is 0 Å². The van der Waals surface area contributed by atoms with E-state index in [1.165, 1.54) is 28.0 Å². The Morgan fingerprint density at radius 2 is 2.12 bits per heavy atom. The van der Waals surface area contributed by atoms with Crippen LogP contribution in [0.4, 0.5) is 5.82 Å². The smallest absolute Gasteiger partial charge is 0.338 e. The molecular weight excluding hydrogens is 426 g/mol. The molecule has 0 unspecified atom stereocenters. The van der Waals surface area contributed by atoms with Gasteiger partial charge in [0.25, 0.3) is 5.95 Å². The Labute approximate surface area is 180 Å². The molecule has 0 radical (unpaired) electrons. The van der Waals surface area contributed by atoms with E-state index in [1.807, 2.05) is 0 Å². The lowest BCUT2D eigenvalue weighted by molar-refractivity contribution is -0.0511. The van der Waals surface area contributed by atoms with Gasteiger partial charge in [-0.05, 0) is 6.42 Å². The maximum Gasteiger partial charge on any atom is 0.338 e. The average Bonchev–Trinajstić information content (AvgIpc) is 3.56. The van der Waals surface area contributed by atoms with Crippen LogP contribution in [0.2, 0.25) is 0 Å². The second-order valence-corrected chi connectivity index (χ2v) is 7.61. The van der Waals surface area contributed by atoms with Gasteiger partial charge in [0.2, 0.25) is 0 Å². The monoisotopic (exact) mass is 447 g/mol. The van der Waals surface area contributed by atoms with Crippen LogP contribution in [0, 0.1) is 0 Å². The Balaban J connectivity index is 1.61. The highest BCUT2D eigenvalue weighted by atomic mass is 16.6. The van der Waals surface area contributed by atoms with Crippen molar-refractivity contribution in [2.24, 2.45) is 0 Å². The molecule has 5 rings (SSSR count). The summed E-state index contributed by atoms with van der Waals surface area (Å²) >= 11 is 0. The van der Waals surface area contributed by atoms with Crippen LogP contribution in [0.3, 0.4) is 0 Å². The van der Waals surface area contributed by atoms with E-state index in [9.17, 15) is 25.2 Å². The van der Waals surface area contributed by atoms with Crippen LogP contribution in [-0.4, -0.2) is 99.9 Å². The molecule has 3 aromatic rings. The first-order chi connectivity index (χ1) is 15.5. The summed E-state index contributed by atoms with van der Waals surface area (Å²) in [6, 6.07) is -0.00721. The Morgan fingerprint density at radius 3 is 2.78 bits per heavy atom. The zero-order chi connectivity index (χ0) is 22.4. The SMILES string of the molecule is O=C(O)c1cnn(-c2nc(N[C@@H]3CCOC3)c3ncn([C@@H]4O[C@H](CO)[C@@H](O)[C@H]4O)c3n2)c1. The van der Waals surface area contributed by atoms with E-state index in [4.69, 9.17) is 9.47 Å². The molecule has 14 heteroatoms. The van der Waals surface area contributed by atoms with Crippen LogP contribution in [0.25, 0.3) is 17.1 Å². The van der Waals surface area contributed by atoms with Crippen molar-refractivity contribution in [2.45, 2.75) is 37.0 Å². The molecule has 2 saturated heterocycles. The molecule has 2 aliphatic heterocycles. The highest BCUT2D eigenvalue weighted by Gasteiger charge is 2.44. The maximum atomic E-state index is 11.2. The van der Waals surface area contributed by atoms with Gasteiger partial charge in [-0.1, -0.05) is 0 Å². The number of anilines is 1. The van der Waals surface area contributed by atoms with Gasteiger partial charge in [-0.25, -0.2) is 14.5 Å². The van der Waals surface area contributed by atoms with Gasteiger partial charge in [0.15, 0.2) is 23.2 Å². The zero-order valence-electron chi connectivity index (χ0n) is 16.6. The van der Waals surface area contributed by atoms with E-state index in [1.54, 1.807) is 0 Å². The van der Waals surface area contributed by atoms with Gasteiger partial charge in [-0.2, -0.15) is 15.1 Å². The fourth-order valence-corrected chi connectivity index (χ4v) is 3.79. The first-order valence-corrected chi connectivity index (χ1v) is 9.96. The predicted octanol–water partition coefficient (Wildman–Crippen LogP) is -1.48. The predicted molar refractivity (Wildman–Crippen MR) is 105 cm³/mol. The van der Waals surface area contributed by atoms with Gasteiger partial charge in [-0.15, -0.1) is 0 Å². The molecule has 32 heavy (non-hydrogen) atoms. The third-order valence-corrected chi connectivity index (χ3v) is 5.51. The standard InChI is InChI=1S/C18H21N7O7/c26-5-10-12(27)13(28)16(32-10)24-7-19-11-14(21-9-1-2-31-6-9)22-18(23-15(11)24)25-4-8(3-20-25)17(29)30/h3-4,7,9-10,12-13,16,26-28H,1-2,5-6H2,(H,29,30)(H,21,22,23)/t9-,10-,12-,13-,16-/m1/s1. The second-order valence-electron chi connectivity index (χ2n) is 7.61. The van der Waals surface area contributed by atoms with Crippen LogP contribution < -0.4 is 5.32 Å². The van der Waals surface area contributed by atoms with Crippen LogP contribution >= 0.6 is 0 Å². The van der Waals surface area contributed by atoms with Crippen LogP contribution in [-0.2, 0) is 9.47 Å². The molecule has 2 aliphatic rings. The number of carboxylic acid groups (broad SMARTS) is 1. The topological polar surface area (TPSA) is 190 Å². The van der Waals surface area contributed by atoms with Gasteiger partial charge in [-0.3, -0.25) is 4.57 Å². The minimum absolute atomic E-state index is 0.00721. The zero-order valence-corrected chi connectivity index (χ0v) is 16.6. The number of rotatable bonds is 6. The quantitative estimate of drug-likeness (QED) is 0.295. The molecule has 0 aliphatic carbocycles. The molecule has 5 heterocycles. The molecule has 14 nitrogen and oxygen atoms in total. The number of imidazole rings is 1. The molecule has 0 amide bonds. The molecule has 0 aromatic carbocycles. The van der Waals surface area contributed by atoms with Crippen LogP contribution in [0.5, 0.6) is 0 Å². The number of aliphatic hydroxyl groups is 3. The van der Waals surface area contributed by atoms with E-state index in [0.717, 1.165) is 6.42 Å². The number of aromatic carboxylic acids is 1. The Kier molecular flexibility index (Phi) is 5.22. The van der Waals surface area contributed by atoms with E-state index in [0.29, 0.717) is 24.5 Å². The van der Waals surface area contributed by atoms with Crippen LogP contribution in [0.1, 0.15) is 23.0 Å². The van der Waals surface area contributed by atoms with E-state index in [2.05, 4.69) is 25.4 Å². The number of nitrogens with zero attached hydrogens (tertiary/aromatic N) is 6. The Hall–Kier alpha value is -3.17. The van der Waals surface area contributed by atoms with Gasteiger partial charge in [0.05, 0.1) is 37.3 Å². The number of carbonyl (C=O) groups is 1. The molecule has 0 saturated carbocycles. The number of aliphatic hydroxyl groups excluding tert-OH is 3. The average molecular weight is 447 g/mol. The van der Waals surface area contributed by atoms with E-state index in [-0.39, 0.29) is 23.2 Å².